The molecule has 104 valence electrons. The van der Waals surface area contributed by atoms with E-state index in [2.05, 4.69) is 42.3 Å². The van der Waals surface area contributed by atoms with Crippen molar-refractivity contribution in [2.45, 2.75) is 33.2 Å². The molecule has 0 saturated carbocycles. The van der Waals surface area contributed by atoms with E-state index in [0.717, 1.165) is 17.8 Å². The van der Waals surface area contributed by atoms with Crippen LogP contribution in [0.3, 0.4) is 0 Å². The lowest BCUT2D eigenvalue weighted by Crippen LogP contribution is -2.24. The third kappa shape index (κ3) is 3.55. The highest BCUT2D eigenvalue weighted by molar-refractivity contribution is 5.85. The summed E-state index contributed by atoms with van der Waals surface area (Å²) < 4.78 is 5.34. The summed E-state index contributed by atoms with van der Waals surface area (Å²) >= 11 is 0. The molecule has 5 heteroatoms. The van der Waals surface area contributed by atoms with Crippen molar-refractivity contribution in [3.63, 3.8) is 0 Å². The molecule has 1 heterocycles. The fourth-order valence-corrected chi connectivity index (χ4v) is 1.80. The number of likely N-dealkylation sites (N-methyl/N-ethyl adjacent to an activating group) is 1. The van der Waals surface area contributed by atoms with E-state index in [4.69, 9.17) is 4.52 Å². The van der Waals surface area contributed by atoms with Gasteiger partial charge < -0.3 is 9.84 Å². The predicted octanol–water partition coefficient (Wildman–Crippen LogP) is 2.93. The van der Waals surface area contributed by atoms with E-state index in [-0.39, 0.29) is 12.4 Å². The van der Waals surface area contributed by atoms with Gasteiger partial charge in [-0.05, 0) is 45.0 Å². The van der Waals surface area contributed by atoms with Crippen LogP contribution in [0.2, 0.25) is 0 Å². The van der Waals surface area contributed by atoms with E-state index in [1.54, 1.807) is 0 Å². The number of aryl methyl sites for hydroxylation is 1. The van der Waals surface area contributed by atoms with Crippen molar-refractivity contribution in [3.05, 3.63) is 35.2 Å². The Morgan fingerprint density at radius 3 is 2.74 bits per heavy atom. The molecule has 2 rings (SSSR count). The van der Waals surface area contributed by atoms with Gasteiger partial charge in [0, 0.05) is 18.0 Å². The average Bonchev–Trinajstić information content (AvgIpc) is 2.80. The molecule has 19 heavy (non-hydrogen) atoms. The molecule has 4 nitrogen and oxygen atoms in total. The van der Waals surface area contributed by atoms with Crippen molar-refractivity contribution < 1.29 is 4.52 Å². The number of nitrogens with zero attached hydrogens (tertiary/aromatic N) is 2. The molecule has 0 saturated heterocycles. The van der Waals surface area contributed by atoms with Gasteiger partial charge in [0.1, 0.15) is 0 Å². The third-order valence-electron chi connectivity index (χ3n) is 3.28. The van der Waals surface area contributed by atoms with E-state index >= 15 is 0 Å². The fraction of sp³-hybridized carbons (Fsp3) is 0.429. The van der Waals surface area contributed by atoms with Crippen LogP contribution in [0.4, 0.5) is 0 Å². The Labute approximate surface area is 120 Å². The van der Waals surface area contributed by atoms with Crippen molar-refractivity contribution in [1.82, 2.24) is 15.5 Å². The van der Waals surface area contributed by atoms with Crippen LogP contribution in [-0.2, 0) is 6.42 Å². The number of rotatable bonds is 4. The lowest BCUT2D eigenvalue weighted by molar-refractivity contribution is 0.418. The van der Waals surface area contributed by atoms with Crippen LogP contribution in [0.15, 0.2) is 22.7 Å². The second kappa shape index (κ2) is 6.68. The summed E-state index contributed by atoms with van der Waals surface area (Å²) in [4.78, 5) is 4.45. The zero-order chi connectivity index (χ0) is 13.1. The van der Waals surface area contributed by atoms with Gasteiger partial charge in [-0.3, -0.25) is 0 Å². The summed E-state index contributed by atoms with van der Waals surface area (Å²) in [5.41, 5.74) is 3.44. The molecular formula is C14H20ClN3O. The quantitative estimate of drug-likeness (QED) is 0.936. The minimum atomic E-state index is 0. The highest BCUT2D eigenvalue weighted by Crippen LogP contribution is 2.23. The van der Waals surface area contributed by atoms with Crippen LogP contribution in [0.5, 0.6) is 0 Å². The Kier molecular flexibility index (Phi) is 5.51. The normalized spacial score (nSPS) is 12.0. The molecule has 2 aromatic rings. The maximum absolute atomic E-state index is 5.34. The second-order valence-corrected chi connectivity index (χ2v) is 4.66. The van der Waals surface area contributed by atoms with Gasteiger partial charge in [-0.1, -0.05) is 17.3 Å². The topological polar surface area (TPSA) is 51.0 Å². The zero-order valence-electron chi connectivity index (χ0n) is 11.7. The lowest BCUT2D eigenvalue weighted by Gasteiger charge is -2.05. The Balaban J connectivity index is 0.00000180. The summed E-state index contributed by atoms with van der Waals surface area (Å²) in [7, 11) is 1.93. The smallest absolute Gasteiger partial charge is 0.258 e. The maximum Gasteiger partial charge on any atom is 0.258 e. The lowest BCUT2D eigenvalue weighted by atomic mass is 10.0. The molecule has 1 unspecified atom stereocenters. The first kappa shape index (κ1) is 15.7. The van der Waals surface area contributed by atoms with E-state index < -0.39 is 0 Å². The Bertz CT molecular complexity index is 539. The summed E-state index contributed by atoms with van der Waals surface area (Å²) in [6.45, 7) is 6.25. The molecule has 1 atom stereocenters. The van der Waals surface area contributed by atoms with Gasteiger partial charge >= 0.3 is 0 Å². The predicted molar refractivity (Wildman–Crippen MR) is 78.7 cm³/mol. The molecular weight excluding hydrogens is 262 g/mol. The van der Waals surface area contributed by atoms with E-state index in [1.165, 1.54) is 11.1 Å². The summed E-state index contributed by atoms with van der Waals surface area (Å²) in [5, 5.41) is 7.19. The number of aromatic nitrogens is 2. The van der Waals surface area contributed by atoms with Gasteiger partial charge in [-0.15, -0.1) is 12.4 Å². The third-order valence-corrected chi connectivity index (χ3v) is 3.28. The van der Waals surface area contributed by atoms with Crippen LogP contribution in [0.1, 0.15) is 23.9 Å². The Hall–Kier alpha value is -1.39. The molecule has 0 aliphatic rings. The monoisotopic (exact) mass is 281 g/mol. The summed E-state index contributed by atoms with van der Waals surface area (Å²) in [6.07, 6.45) is 0.769. The number of nitrogens with one attached hydrogen (secondary N) is 1. The van der Waals surface area contributed by atoms with Crippen molar-refractivity contribution in [1.29, 1.82) is 0 Å². The molecule has 0 radical (unpaired) electrons. The molecule has 1 aromatic heterocycles. The molecule has 0 amide bonds. The van der Waals surface area contributed by atoms with Crippen molar-refractivity contribution >= 4 is 12.4 Å². The molecule has 0 aliphatic heterocycles. The van der Waals surface area contributed by atoms with Gasteiger partial charge in [-0.25, -0.2) is 0 Å². The van der Waals surface area contributed by atoms with Crippen molar-refractivity contribution in [3.8, 4) is 11.5 Å². The molecule has 0 fully saturated rings. The molecule has 0 bridgehead atoms. The first-order chi connectivity index (χ1) is 8.61. The van der Waals surface area contributed by atoms with E-state index in [1.807, 2.05) is 19.2 Å². The minimum absolute atomic E-state index is 0. The van der Waals surface area contributed by atoms with Crippen molar-refractivity contribution in [2.24, 2.45) is 0 Å². The summed E-state index contributed by atoms with van der Waals surface area (Å²) in [6, 6.07) is 6.45. The van der Waals surface area contributed by atoms with Crippen LogP contribution < -0.4 is 5.32 Å². The Morgan fingerprint density at radius 2 is 2.05 bits per heavy atom. The molecule has 0 aliphatic carbocycles. The summed E-state index contributed by atoms with van der Waals surface area (Å²) in [5.74, 6) is 1.35. The van der Waals surface area contributed by atoms with Gasteiger partial charge in [-0.2, -0.15) is 4.98 Å². The fourth-order valence-electron chi connectivity index (χ4n) is 1.80. The standard InChI is InChI=1S/C14H19N3O.ClH/c1-9-6-5-7-12(11(9)3)14-16-13(17-18-14)8-10(2)15-4;/h5-7,10,15H,8H2,1-4H3;1H. The first-order valence-corrected chi connectivity index (χ1v) is 6.18. The number of halogens is 1. The van der Waals surface area contributed by atoms with Crippen LogP contribution >= 0.6 is 12.4 Å². The largest absolute Gasteiger partial charge is 0.334 e. The van der Waals surface area contributed by atoms with Crippen LogP contribution in [-0.4, -0.2) is 23.2 Å². The van der Waals surface area contributed by atoms with Crippen LogP contribution in [0.25, 0.3) is 11.5 Å². The van der Waals surface area contributed by atoms with E-state index in [9.17, 15) is 0 Å². The minimum Gasteiger partial charge on any atom is -0.334 e. The van der Waals surface area contributed by atoms with Gasteiger partial charge in [0.25, 0.3) is 5.89 Å². The molecule has 1 N–H and O–H groups in total. The first-order valence-electron chi connectivity index (χ1n) is 6.18. The SMILES string of the molecule is CNC(C)Cc1noc(-c2cccc(C)c2C)n1.Cl. The van der Waals surface area contributed by atoms with Gasteiger partial charge in [0.15, 0.2) is 5.82 Å². The maximum atomic E-state index is 5.34. The van der Waals surface area contributed by atoms with Gasteiger partial charge in [0.05, 0.1) is 0 Å². The molecule has 0 spiro atoms. The van der Waals surface area contributed by atoms with Crippen molar-refractivity contribution in [2.75, 3.05) is 7.05 Å². The average molecular weight is 282 g/mol. The molecule has 1 aromatic carbocycles. The van der Waals surface area contributed by atoms with Crippen LogP contribution in [0, 0.1) is 13.8 Å². The number of hydrogen-bond donors (Lipinski definition) is 1. The highest BCUT2D eigenvalue weighted by atomic mass is 35.5. The Morgan fingerprint density at radius 1 is 1.32 bits per heavy atom. The highest BCUT2D eigenvalue weighted by Gasteiger charge is 2.13. The number of hydrogen-bond acceptors (Lipinski definition) is 4. The van der Waals surface area contributed by atoms with E-state index in [0.29, 0.717) is 11.9 Å². The number of benzene rings is 1. The van der Waals surface area contributed by atoms with Gasteiger partial charge in [0.2, 0.25) is 0 Å². The second-order valence-electron chi connectivity index (χ2n) is 4.66. The zero-order valence-corrected chi connectivity index (χ0v) is 12.5.